The molecule has 1 rings (SSSR count). The lowest BCUT2D eigenvalue weighted by molar-refractivity contribution is -0.142. The van der Waals surface area contributed by atoms with Gasteiger partial charge in [-0.3, -0.25) is 9.59 Å². The molecular formula is C14H16O4. The van der Waals surface area contributed by atoms with E-state index in [1.54, 1.807) is 44.4 Å². The van der Waals surface area contributed by atoms with Crippen LogP contribution in [-0.4, -0.2) is 26.0 Å². The van der Waals surface area contributed by atoms with Crippen molar-refractivity contribution in [2.24, 2.45) is 0 Å². The van der Waals surface area contributed by atoms with Gasteiger partial charge in [0.25, 0.3) is 0 Å². The largest absolute Gasteiger partial charge is 0.497 e. The van der Waals surface area contributed by atoms with Crippen LogP contribution in [0.2, 0.25) is 0 Å². The Morgan fingerprint density at radius 2 is 2.11 bits per heavy atom. The minimum absolute atomic E-state index is 0.193. The van der Waals surface area contributed by atoms with Gasteiger partial charge in [-0.05, 0) is 24.6 Å². The van der Waals surface area contributed by atoms with E-state index in [2.05, 4.69) is 0 Å². The standard InChI is InChI=1S/C14H16O4/c1-3-18-14(16)6-4-5-11-7-8-13(17-2)9-12(11)10-15/h4-5,7-10H,3,6H2,1-2H3. The van der Waals surface area contributed by atoms with Gasteiger partial charge in [0, 0.05) is 5.56 Å². The molecule has 0 aliphatic heterocycles. The van der Waals surface area contributed by atoms with Gasteiger partial charge < -0.3 is 9.47 Å². The molecule has 4 heteroatoms. The number of rotatable bonds is 6. The van der Waals surface area contributed by atoms with Crippen molar-refractivity contribution in [2.45, 2.75) is 13.3 Å². The molecule has 0 bridgehead atoms. The number of carbonyl (C=O) groups excluding carboxylic acids is 2. The summed E-state index contributed by atoms with van der Waals surface area (Å²) >= 11 is 0. The number of benzene rings is 1. The van der Waals surface area contributed by atoms with E-state index in [1.165, 1.54) is 0 Å². The van der Waals surface area contributed by atoms with Crippen molar-refractivity contribution >= 4 is 18.3 Å². The van der Waals surface area contributed by atoms with Crippen LogP contribution >= 0.6 is 0 Å². The van der Waals surface area contributed by atoms with E-state index in [1.807, 2.05) is 0 Å². The third-order valence-electron chi connectivity index (χ3n) is 2.31. The summed E-state index contributed by atoms with van der Waals surface area (Å²) in [6.07, 6.45) is 4.34. The van der Waals surface area contributed by atoms with Gasteiger partial charge in [0.05, 0.1) is 20.1 Å². The van der Waals surface area contributed by atoms with Gasteiger partial charge in [-0.1, -0.05) is 18.2 Å². The average Bonchev–Trinajstić information content (AvgIpc) is 2.39. The van der Waals surface area contributed by atoms with Crippen molar-refractivity contribution in [3.63, 3.8) is 0 Å². The SMILES string of the molecule is CCOC(=O)CC=Cc1ccc(OC)cc1C=O. The Kier molecular flexibility index (Phi) is 5.64. The molecule has 0 aliphatic carbocycles. The number of hydrogen-bond acceptors (Lipinski definition) is 4. The molecule has 0 aromatic heterocycles. The molecule has 0 saturated heterocycles. The number of carbonyl (C=O) groups is 2. The van der Waals surface area contributed by atoms with Crippen LogP contribution in [0.3, 0.4) is 0 Å². The number of esters is 1. The van der Waals surface area contributed by atoms with E-state index in [9.17, 15) is 9.59 Å². The molecule has 0 unspecified atom stereocenters. The first-order chi connectivity index (χ1) is 8.71. The summed E-state index contributed by atoms with van der Waals surface area (Å²) in [5.74, 6) is 0.342. The third kappa shape index (κ3) is 4.05. The summed E-state index contributed by atoms with van der Waals surface area (Å²) in [6, 6.07) is 5.18. The van der Waals surface area contributed by atoms with Gasteiger partial charge in [-0.2, -0.15) is 0 Å². The quantitative estimate of drug-likeness (QED) is 0.573. The molecule has 18 heavy (non-hydrogen) atoms. The molecule has 0 aliphatic rings. The topological polar surface area (TPSA) is 52.6 Å². The molecule has 1 aromatic rings. The maximum Gasteiger partial charge on any atom is 0.309 e. The predicted octanol–water partition coefficient (Wildman–Crippen LogP) is 2.47. The van der Waals surface area contributed by atoms with Crippen molar-refractivity contribution in [1.82, 2.24) is 0 Å². The van der Waals surface area contributed by atoms with Crippen molar-refractivity contribution < 1.29 is 19.1 Å². The zero-order valence-electron chi connectivity index (χ0n) is 10.5. The van der Waals surface area contributed by atoms with Crippen LogP contribution in [0.4, 0.5) is 0 Å². The van der Waals surface area contributed by atoms with Crippen LogP contribution in [0, 0.1) is 0 Å². The normalized spacial score (nSPS) is 10.3. The molecule has 0 saturated carbocycles. The first-order valence-electron chi connectivity index (χ1n) is 5.66. The fraction of sp³-hybridized carbons (Fsp3) is 0.286. The zero-order chi connectivity index (χ0) is 13.4. The summed E-state index contributed by atoms with van der Waals surface area (Å²) in [5.41, 5.74) is 1.27. The second-order valence-electron chi connectivity index (χ2n) is 3.52. The second-order valence-corrected chi connectivity index (χ2v) is 3.52. The summed E-state index contributed by atoms with van der Waals surface area (Å²) < 4.78 is 9.82. The Bertz CT molecular complexity index is 449. The van der Waals surface area contributed by atoms with E-state index in [-0.39, 0.29) is 12.4 Å². The lowest BCUT2D eigenvalue weighted by Gasteiger charge is -2.03. The highest BCUT2D eigenvalue weighted by Crippen LogP contribution is 2.17. The maximum atomic E-state index is 11.1. The molecule has 0 amide bonds. The van der Waals surface area contributed by atoms with Gasteiger partial charge in [-0.25, -0.2) is 0 Å². The molecule has 0 N–H and O–H groups in total. The van der Waals surface area contributed by atoms with Gasteiger partial charge in [0.15, 0.2) is 6.29 Å². The van der Waals surface area contributed by atoms with Gasteiger partial charge in [0.2, 0.25) is 0 Å². The van der Waals surface area contributed by atoms with E-state index in [0.717, 1.165) is 11.8 Å². The van der Waals surface area contributed by atoms with Crippen LogP contribution < -0.4 is 4.74 Å². The fourth-order valence-corrected chi connectivity index (χ4v) is 1.44. The van der Waals surface area contributed by atoms with E-state index in [4.69, 9.17) is 9.47 Å². The molecule has 0 heterocycles. The Balaban J connectivity index is 2.74. The summed E-state index contributed by atoms with van der Waals surface area (Å²) in [7, 11) is 1.54. The van der Waals surface area contributed by atoms with E-state index in [0.29, 0.717) is 17.9 Å². The summed E-state index contributed by atoms with van der Waals surface area (Å²) in [4.78, 5) is 22.0. The highest BCUT2D eigenvalue weighted by molar-refractivity contribution is 5.83. The van der Waals surface area contributed by atoms with Crippen molar-refractivity contribution in [3.05, 3.63) is 35.4 Å². The number of aldehydes is 1. The van der Waals surface area contributed by atoms with Gasteiger partial charge in [0.1, 0.15) is 5.75 Å². The van der Waals surface area contributed by atoms with E-state index >= 15 is 0 Å². The van der Waals surface area contributed by atoms with Gasteiger partial charge in [-0.15, -0.1) is 0 Å². The Morgan fingerprint density at radius 1 is 1.33 bits per heavy atom. The molecule has 0 radical (unpaired) electrons. The minimum atomic E-state index is -0.282. The number of ether oxygens (including phenoxy) is 2. The molecule has 96 valence electrons. The van der Waals surface area contributed by atoms with Crippen LogP contribution in [-0.2, 0) is 9.53 Å². The molecule has 4 nitrogen and oxygen atoms in total. The summed E-state index contributed by atoms with van der Waals surface area (Å²) in [6.45, 7) is 2.13. The smallest absolute Gasteiger partial charge is 0.309 e. The van der Waals surface area contributed by atoms with Crippen molar-refractivity contribution in [2.75, 3.05) is 13.7 Å². The summed E-state index contributed by atoms with van der Waals surface area (Å²) in [5, 5.41) is 0. The molecule has 1 aromatic carbocycles. The zero-order valence-corrected chi connectivity index (χ0v) is 10.5. The lowest BCUT2D eigenvalue weighted by Crippen LogP contribution is -2.01. The first-order valence-corrected chi connectivity index (χ1v) is 5.66. The Labute approximate surface area is 106 Å². The molecular weight excluding hydrogens is 232 g/mol. The minimum Gasteiger partial charge on any atom is -0.497 e. The van der Waals surface area contributed by atoms with Crippen LogP contribution in [0.5, 0.6) is 5.75 Å². The highest BCUT2D eigenvalue weighted by atomic mass is 16.5. The van der Waals surface area contributed by atoms with Crippen molar-refractivity contribution in [1.29, 1.82) is 0 Å². The van der Waals surface area contributed by atoms with Crippen molar-refractivity contribution in [3.8, 4) is 5.75 Å². The fourth-order valence-electron chi connectivity index (χ4n) is 1.44. The van der Waals surface area contributed by atoms with Crippen LogP contribution in [0.1, 0.15) is 29.3 Å². The van der Waals surface area contributed by atoms with E-state index < -0.39 is 0 Å². The monoisotopic (exact) mass is 248 g/mol. The average molecular weight is 248 g/mol. The maximum absolute atomic E-state index is 11.1. The first kappa shape index (κ1) is 14.0. The Hall–Kier alpha value is -2.10. The molecule has 0 spiro atoms. The molecule has 0 fully saturated rings. The lowest BCUT2D eigenvalue weighted by atomic mass is 10.1. The number of hydrogen-bond donors (Lipinski definition) is 0. The third-order valence-corrected chi connectivity index (χ3v) is 2.31. The van der Waals surface area contributed by atoms with Crippen LogP contribution in [0.15, 0.2) is 24.3 Å². The highest BCUT2D eigenvalue weighted by Gasteiger charge is 2.01. The molecule has 0 atom stereocenters. The second kappa shape index (κ2) is 7.27. The van der Waals surface area contributed by atoms with Gasteiger partial charge >= 0.3 is 5.97 Å². The Morgan fingerprint density at radius 3 is 2.72 bits per heavy atom. The number of methoxy groups -OCH3 is 1. The van der Waals surface area contributed by atoms with Crippen LogP contribution in [0.25, 0.3) is 6.08 Å². The predicted molar refractivity (Wildman–Crippen MR) is 68.7 cm³/mol.